The first kappa shape index (κ1) is 35.6. The number of hydrogen-bond donors (Lipinski definition) is 1. The number of amides is 1. The monoisotopic (exact) mass is 743 g/mol. The molecule has 1 amide bonds. The number of hydrogen-bond acceptors (Lipinski definition) is 8. The van der Waals surface area contributed by atoms with Gasteiger partial charge in [-0.25, -0.2) is 4.79 Å². The number of thioether (sulfide) groups is 1. The largest absolute Gasteiger partial charge is 0.619 e. The fraction of sp³-hybridized carbons (Fsp3) is 0.306. The molecule has 1 saturated carbocycles. The van der Waals surface area contributed by atoms with Crippen LogP contribution in [-0.4, -0.2) is 47.7 Å². The average Bonchev–Trinajstić information content (AvgIpc) is 3.80. The predicted molar refractivity (Wildman–Crippen MR) is 187 cm³/mol. The van der Waals surface area contributed by atoms with Gasteiger partial charge >= 0.3 is 12.6 Å². The van der Waals surface area contributed by atoms with E-state index in [1.165, 1.54) is 34.9 Å². The number of carbonyl (C=O) groups excluding carboxylic acids is 2. The number of pyridine rings is 1. The highest BCUT2D eigenvalue weighted by atomic mass is 35.5. The minimum Gasteiger partial charge on any atom is -0.619 e. The Morgan fingerprint density at radius 2 is 1.76 bits per heavy atom. The molecule has 1 N–H and O–H groups in total. The summed E-state index contributed by atoms with van der Waals surface area (Å²) in [6, 6.07) is 21.2. The summed E-state index contributed by atoms with van der Waals surface area (Å²) in [5, 5.41) is 14.4. The van der Waals surface area contributed by atoms with Gasteiger partial charge in [0.1, 0.15) is 16.1 Å². The van der Waals surface area contributed by atoms with Gasteiger partial charge < -0.3 is 29.6 Å². The first-order chi connectivity index (χ1) is 24.1. The molecule has 2 atom stereocenters. The number of nitrogens with one attached hydrogen (secondary N) is 1. The van der Waals surface area contributed by atoms with E-state index in [2.05, 4.69) is 5.32 Å². The van der Waals surface area contributed by atoms with E-state index in [0.29, 0.717) is 52.8 Å². The molecule has 0 bridgehead atoms. The molecular formula is C36H33Cl2F2N3O6S. The molecule has 14 heteroatoms. The molecule has 2 aliphatic rings. The van der Waals surface area contributed by atoms with Crippen molar-refractivity contribution >= 4 is 52.5 Å². The van der Waals surface area contributed by atoms with Crippen LogP contribution >= 0.6 is 35.0 Å². The number of aromatic nitrogens is 1. The third-order valence-electron chi connectivity index (χ3n) is 8.23. The molecule has 262 valence electrons. The molecule has 1 aliphatic carbocycles. The number of para-hydroxylation sites is 1. The number of benzene rings is 3. The maximum absolute atomic E-state index is 13.9. The average molecular weight is 745 g/mol. The van der Waals surface area contributed by atoms with Gasteiger partial charge in [-0.1, -0.05) is 59.6 Å². The molecule has 4 aromatic rings. The summed E-state index contributed by atoms with van der Waals surface area (Å²) in [6.45, 7) is -1.95. The number of nitrogens with zero attached hydrogens (tertiary/aromatic N) is 2. The third kappa shape index (κ3) is 9.09. The van der Waals surface area contributed by atoms with Gasteiger partial charge in [0, 0.05) is 42.1 Å². The molecule has 3 aromatic carbocycles. The molecule has 2 fully saturated rings. The van der Waals surface area contributed by atoms with Crippen LogP contribution in [0.2, 0.25) is 10.0 Å². The van der Waals surface area contributed by atoms with Crippen molar-refractivity contribution in [2.75, 3.05) is 24.2 Å². The molecule has 6 rings (SSSR count). The summed E-state index contributed by atoms with van der Waals surface area (Å²) in [4.78, 5) is 29.2. The quantitative estimate of drug-likeness (QED) is 0.0798. The van der Waals surface area contributed by atoms with Crippen molar-refractivity contribution in [1.82, 2.24) is 4.90 Å². The second kappa shape index (κ2) is 16.2. The fourth-order valence-corrected chi connectivity index (χ4v) is 7.17. The van der Waals surface area contributed by atoms with Crippen molar-refractivity contribution in [3.8, 4) is 11.5 Å². The van der Waals surface area contributed by atoms with Gasteiger partial charge in [-0.3, -0.25) is 4.79 Å². The zero-order chi connectivity index (χ0) is 35.2. The number of alkyl halides is 2. The fourth-order valence-electron chi connectivity index (χ4n) is 5.47. The zero-order valence-corrected chi connectivity index (χ0v) is 28.9. The lowest BCUT2D eigenvalue weighted by Gasteiger charge is -2.26. The number of ether oxygens (including phenoxy) is 3. The smallest absolute Gasteiger partial charge is 0.387 e. The van der Waals surface area contributed by atoms with Crippen LogP contribution in [0.1, 0.15) is 46.0 Å². The lowest BCUT2D eigenvalue weighted by Crippen LogP contribution is -2.40. The standard InChI is InChI=1S/C36H33Cl2F2N3O6S/c37-28-19-42(46)20-29(38)27(28)17-31(24-11-12-30(49-36(39)40)32(16-24)47-21-22-9-10-22)48-35(45)34-43(13-14-50-34)33(44)25-6-4-5-23(15-25)18-41-26-7-2-1-3-8-26/h1-8,11-12,15-16,19-20,22,31,34,36,41H,9-10,13-14,17-18,21H2/t31-,34-/m0/s1. The van der Waals surface area contributed by atoms with Gasteiger partial charge in [-0.2, -0.15) is 13.5 Å². The van der Waals surface area contributed by atoms with E-state index in [9.17, 15) is 23.6 Å². The summed E-state index contributed by atoms with van der Waals surface area (Å²) >= 11 is 14.1. The van der Waals surface area contributed by atoms with Crippen LogP contribution in [0, 0.1) is 11.1 Å². The Morgan fingerprint density at radius 1 is 1.00 bits per heavy atom. The molecule has 0 spiro atoms. The van der Waals surface area contributed by atoms with Crippen LogP contribution in [0.15, 0.2) is 85.2 Å². The third-order valence-corrected chi connectivity index (χ3v) is 10.1. The van der Waals surface area contributed by atoms with Gasteiger partial charge in [-0.15, -0.1) is 11.8 Å². The first-order valence-corrected chi connectivity index (χ1v) is 17.7. The number of esters is 1. The maximum Gasteiger partial charge on any atom is 0.387 e. The van der Waals surface area contributed by atoms with Crippen LogP contribution < -0.4 is 19.5 Å². The number of carbonyl (C=O) groups is 2. The molecule has 1 aromatic heterocycles. The Bertz CT molecular complexity index is 1810. The molecule has 0 radical (unpaired) electrons. The van der Waals surface area contributed by atoms with Gasteiger partial charge in [0.05, 0.1) is 6.61 Å². The van der Waals surface area contributed by atoms with Crippen LogP contribution in [0.25, 0.3) is 0 Å². The van der Waals surface area contributed by atoms with Gasteiger partial charge in [0.15, 0.2) is 29.3 Å². The molecule has 1 aliphatic heterocycles. The van der Waals surface area contributed by atoms with Gasteiger partial charge in [0.25, 0.3) is 5.91 Å². The highest BCUT2D eigenvalue weighted by Crippen LogP contribution is 2.39. The van der Waals surface area contributed by atoms with Crippen molar-refractivity contribution in [3.05, 3.63) is 123 Å². The second-order valence-electron chi connectivity index (χ2n) is 11.9. The van der Waals surface area contributed by atoms with Crippen molar-refractivity contribution in [2.24, 2.45) is 5.92 Å². The lowest BCUT2D eigenvalue weighted by molar-refractivity contribution is -0.605. The summed E-state index contributed by atoms with van der Waals surface area (Å²) < 4.78 is 43.6. The molecule has 9 nitrogen and oxygen atoms in total. The van der Waals surface area contributed by atoms with E-state index in [0.717, 1.165) is 36.5 Å². The summed E-state index contributed by atoms with van der Waals surface area (Å²) in [5.74, 6) is -0.300. The van der Waals surface area contributed by atoms with E-state index in [4.69, 9.17) is 37.4 Å². The van der Waals surface area contributed by atoms with Crippen LogP contribution in [-0.2, 0) is 22.5 Å². The molecule has 2 heterocycles. The van der Waals surface area contributed by atoms with Gasteiger partial charge in [0.2, 0.25) is 0 Å². The van der Waals surface area contributed by atoms with Crippen molar-refractivity contribution in [1.29, 1.82) is 0 Å². The molecule has 50 heavy (non-hydrogen) atoms. The van der Waals surface area contributed by atoms with E-state index in [1.54, 1.807) is 18.2 Å². The minimum atomic E-state index is -3.08. The first-order valence-electron chi connectivity index (χ1n) is 15.9. The Labute approximate surface area is 302 Å². The van der Waals surface area contributed by atoms with Crippen LogP contribution in [0.5, 0.6) is 11.5 Å². The maximum atomic E-state index is 13.9. The topological polar surface area (TPSA) is 104 Å². The number of anilines is 1. The normalized spacial score (nSPS) is 16.3. The minimum absolute atomic E-state index is 0.0464. The van der Waals surface area contributed by atoms with E-state index >= 15 is 0 Å². The van der Waals surface area contributed by atoms with Crippen LogP contribution in [0.4, 0.5) is 14.5 Å². The number of rotatable bonds is 14. The molecule has 1 saturated heterocycles. The Morgan fingerprint density at radius 3 is 2.48 bits per heavy atom. The highest BCUT2D eigenvalue weighted by Gasteiger charge is 2.38. The van der Waals surface area contributed by atoms with Crippen molar-refractivity contribution in [2.45, 2.75) is 43.9 Å². The number of halogens is 4. The Balaban J connectivity index is 1.24. The Hall–Kier alpha value is -4.26. The molecule has 0 unspecified atom stereocenters. The summed E-state index contributed by atoms with van der Waals surface area (Å²) in [5.41, 5.74) is 2.98. The molecular weight excluding hydrogens is 711 g/mol. The van der Waals surface area contributed by atoms with E-state index in [1.807, 2.05) is 36.4 Å². The van der Waals surface area contributed by atoms with Crippen molar-refractivity contribution in [3.63, 3.8) is 0 Å². The lowest BCUT2D eigenvalue weighted by atomic mass is 10.0. The summed E-state index contributed by atoms with van der Waals surface area (Å²) in [7, 11) is 0. The second-order valence-corrected chi connectivity index (χ2v) is 13.9. The van der Waals surface area contributed by atoms with Gasteiger partial charge in [-0.05, 0) is 66.3 Å². The SMILES string of the molecule is O=C(O[C@@H](Cc1c(Cl)c[n+]([O-])cc1Cl)c1ccc(OC(F)F)c(OCC2CC2)c1)[C@@H]1SCCN1C(=O)c1cccc(CNc2ccccc2)c1. The highest BCUT2D eigenvalue weighted by molar-refractivity contribution is 8.00. The van der Waals surface area contributed by atoms with Crippen molar-refractivity contribution < 1.29 is 37.3 Å². The summed E-state index contributed by atoms with van der Waals surface area (Å²) in [6.07, 6.45) is 3.07. The predicted octanol–water partition coefficient (Wildman–Crippen LogP) is 7.67. The van der Waals surface area contributed by atoms with E-state index < -0.39 is 24.1 Å². The van der Waals surface area contributed by atoms with E-state index in [-0.39, 0.29) is 33.9 Å². The van der Waals surface area contributed by atoms with Crippen LogP contribution in [0.3, 0.4) is 0 Å². The Kier molecular flexibility index (Phi) is 11.5. The zero-order valence-electron chi connectivity index (χ0n) is 26.6.